The van der Waals surface area contributed by atoms with Crippen molar-refractivity contribution in [2.24, 2.45) is 5.92 Å². The maximum absolute atomic E-state index is 12.5. The Morgan fingerprint density at radius 2 is 1.96 bits per heavy atom. The van der Waals surface area contributed by atoms with E-state index in [0.29, 0.717) is 6.42 Å². The molecule has 7 heteroatoms. The lowest BCUT2D eigenvalue weighted by Gasteiger charge is -2.21. The maximum Gasteiger partial charge on any atom is 0.178 e. The van der Waals surface area contributed by atoms with Gasteiger partial charge in [0.15, 0.2) is 9.84 Å². The van der Waals surface area contributed by atoms with Crippen LogP contribution in [-0.2, 0) is 14.6 Å². The van der Waals surface area contributed by atoms with Crippen molar-refractivity contribution < 1.29 is 28.5 Å². The highest BCUT2D eigenvalue weighted by molar-refractivity contribution is 7.91. The van der Waals surface area contributed by atoms with Gasteiger partial charge in [0.1, 0.15) is 12.2 Å². The summed E-state index contributed by atoms with van der Waals surface area (Å²) >= 11 is 0. The predicted molar refractivity (Wildman–Crippen MR) is 84.6 cm³/mol. The molecule has 0 aromatic heterocycles. The van der Waals surface area contributed by atoms with Crippen molar-refractivity contribution in [3.8, 4) is 0 Å². The van der Waals surface area contributed by atoms with E-state index in [0.717, 1.165) is 0 Å². The van der Waals surface area contributed by atoms with Crippen LogP contribution in [-0.4, -0.2) is 60.5 Å². The number of rotatable bonds is 7. The van der Waals surface area contributed by atoms with E-state index in [1.165, 1.54) is 12.1 Å². The summed E-state index contributed by atoms with van der Waals surface area (Å²) < 4.78 is 30.6. The summed E-state index contributed by atoms with van der Waals surface area (Å²) in [5, 5.41) is 29.1. The van der Waals surface area contributed by atoms with Crippen LogP contribution in [0, 0.1) is 5.92 Å². The summed E-state index contributed by atoms with van der Waals surface area (Å²) in [6.45, 7) is 3.04. The van der Waals surface area contributed by atoms with Gasteiger partial charge in [-0.25, -0.2) is 8.42 Å². The quantitative estimate of drug-likeness (QED) is 0.609. The number of benzene rings is 1. The molecule has 0 spiro atoms. The zero-order chi connectivity index (χ0) is 17.0. The second-order valence-electron chi connectivity index (χ2n) is 5.66. The van der Waals surface area contributed by atoms with E-state index in [-0.39, 0.29) is 10.6 Å². The Morgan fingerprint density at radius 1 is 1.30 bits per heavy atom. The van der Waals surface area contributed by atoms with E-state index >= 15 is 0 Å². The SMILES string of the molecule is C=CC[C@@H]1O[C@H](C(O)CO)[C@H](O)[C@H]1CS(=O)(=O)c1ccccc1. The van der Waals surface area contributed by atoms with E-state index in [1.807, 2.05) is 0 Å². The van der Waals surface area contributed by atoms with Gasteiger partial charge in [-0.05, 0) is 18.6 Å². The first kappa shape index (κ1) is 18.1. The van der Waals surface area contributed by atoms with Crippen LogP contribution in [0.4, 0.5) is 0 Å². The second kappa shape index (κ2) is 7.55. The van der Waals surface area contributed by atoms with Crippen LogP contribution in [0.2, 0.25) is 0 Å². The van der Waals surface area contributed by atoms with Crippen LogP contribution in [0.5, 0.6) is 0 Å². The highest BCUT2D eigenvalue weighted by Crippen LogP contribution is 2.33. The molecule has 0 saturated carbocycles. The number of ether oxygens (including phenoxy) is 1. The third kappa shape index (κ3) is 3.99. The zero-order valence-corrected chi connectivity index (χ0v) is 13.5. The number of sulfone groups is 1. The maximum atomic E-state index is 12.5. The number of aliphatic hydroxyl groups excluding tert-OH is 3. The van der Waals surface area contributed by atoms with Crippen LogP contribution in [0.25, 0.3) is 0 Å². The molecule has 1 fully saturated rings. The highest BCUT2D eigenvalue weighted by Gasteiger charge is 2.47. The minimum Gasteiger partial charge on any atom is -0.394 e. The lowest BCUT2D eigenvalue weighted by Crippen LogP contribution is -2.40. The van der Waals surface area contributed by atoms with Gasteiger partial charge in [0.05, 0.1) is 29.5 Å². The fourth-order valence-corrected chi connectivity index (χ4v) is 4.53. The van der Waals surface area contributed by atoms with Crippen molar-refractivity contribution in [2.45, 2.75) is 35.7 Å². The number of hydrogen-bond acceptors (Lipinski definition) is 6. The molecule has 1 saturated heterocycles. The molecule has 1 aromatic carbocycles. The molecule has 2 rings (SSSR count). The molecular formula is C16H22O6S. The van der Waals surface area contributed by atoms with Crippen molar-refractivity contribution in [2.75, 3.05) is 12.4 Å². The lowest BCUT2D eigenvalue weighted by atomic mass is 9.94. The topological polar surface area (TPSA) is 104 Å². The molecule has 0 aliphatic carbocycles. The second-order valence-corrected chi connectivity index (χ2v) is 7.70. The number of aliphatic hydroxyl groups is 3. The van der Waals surface area contributed by atoms with Crippen LogP contribution < -0.4 is 0 Å². The van der Waals surface area contributed by atoms with Gasteiger partial charge in [-0.2, -0.15) is 0 Å². The van der Waals surface area contributed by atoms with E-state index in [9.17, 15) is 18.6 Å². The average molecular weight is 342 g/mol. The third-order valence-electron chi connectivity index (χ3n) is 4.06. The van der Waals surface area contributed by atoms with Gasteiger partial charge in [-0.15, -0.1) is 6.58 Å². The summed E-state index contributed by atoms with van der Waals surface area (Å²) in [5.74, 6) is -1.00. The Bertz CT molecular complexity index is 615. The van der Waals surface area contributed by atoms with Crippen molar-refractivity contribution in [1.82, 2.24) is 0 Å². The average Bonchev–Trinajstić information content (AvgIpc) is 2.84. The monoisotopic (exact) mass is 342 g/mol. The first-order valence-electron chi connectivity index (χ1n) is 7.42. The molecule has 6 nitrogen and oxygen atoms in total. The lowest BCUT2D eigenvalue weighted by molar-refractivity contribution is -0.0806. The van der Waals surface area contributed by atoms with E-state index in [2.05, 4.69) is 6.58 Å². The van der Waals surface area contributed by atoms with Crippen molar-refractivity contribution in [3.63, 3.8) is 0 Å². The Morgan fingerprint density at radius 3 is 2.52 bits per heavy atom. The van der Waals surface area contributed by atoms with Crippen molar-refractivity contribution in [1.29, 1.82) is 0 Å². The number of hydrogen-bond donors (Lipinski definition) is 3. The summed E-state index contributed by atoms with van der Waals surface area (Å²) in [6, 6.07) is 7.99. The molecule has 0 amide bonds. The summed E-state index contributed by atoms with van der Waals surface area (Å²) in [5.41, 5.74) is 0. The molecule has 1 heterocycles. The van der Waals surface area contributed by atoms with E-state index in [1.54, 1.807) is 24.3 Å². The van der Waals surface area contributed by atoms with Gasteiger partial charge >= 0.3 is 0 Å². The zero-order valence-electron chi connectivity index (χ0n) is 12.7. The van der Waals surface area contributed by atoms with Crippen LogP contribution in [0.3, 0.4) is 0 Å². The minimum absolute atomic E-state index is 0.177. The fraction of sp³-hybridized carbons (Fsp3) is 0.500. The van der Waals surface area contributed by atoms with Gasteiger partial charge in [0.2, 0.25) is 0 Å². The predicted octanol–water partition coefficient (Wildman–Crippen LogP) is 0.134. The van der Waals surface area contributed by atoms with Gasteiger partial charge in [-0.1, -0.05) is 24.3 Å². The summed E-state index contributed by atoms with van der Waals surface area (Å²) in [6.07, 6.45) is -2.11. The molecule has 23 heavy (non-hydrogen) atoms. The van der Waals surface area contributed by atoms with E-state index < -0.39 is 46.8 Å². The Balaban J connectivity index is 2.23. The molecule has 1 aromatic rings. The minimum atomic E-state index is -3.60. The van der Waals surface area contributed by atoms with Gasteiger partial charge in [-0.3, -0.25) is 0 Å². The largest absolute Gasteiger partial charge is 0.394 e. The molecule has 5 atom stereocenters. The van der Waals surface area contributed by atoms with Crippen LogP contribution in [0.15, 0.2) is 47.9 Å². The molecule has 1 aliphatic rings. The van der Waals surface area contributed by atoms with Crippen LogP contribution >= 0.6 is 0 Å². The third-order valence-corrected chi connectivity index (χ3v) is 5.88. The first-order chi connectivity index (χ1) is 10.9. The summed E-state index contributed by atoms with van der Waals surface area (Å²) in [4.78, 5) is 0.177. The highest BCUT2D eigenvalue weighted by atomic mass is 32.2. The molecular weight excluding hydrogens is 320 g/mol. The molecule has 128 valence electrons. The normalized spacial score (nSPS) is 29.3. The molecule has 0 radical (unpaired) electrons. The van der Waals surface area contributed by atoms with Gasteiger partial charge in [0.25, 0.3) is 0 Å². The van der Waals surface area contributed by atoms with Gasteiger partial charge < -0.3 is 20.1 Å². The molecule has 1 aliphatic heterocycles. The smallest absolute Gasteiger partial charge is 0.178 e. The van der Waals surface area contributed by atoms with Gasteiger partial charge in [0, 0.05) is 5.92 Å². The molecule has 0 bridgehead atoms. The standard InChI is InChI=1S/C16H22O6S/c1-2-6-14-12(15(19)16(22-14)13(18)9-17)10-23(20,21)11-7-4-3-5-8-11/h2-5,7-8,12-19H,1,6,9-10H2/t12-,13?,14-,15+,16+/m0/s1. The molecule has 1 unspecified atom stereocenters. The van der Waals surface area contributed by atoms with Crippen LogP contribution in [0.1, 0.15) is 6.42 Å². The summed E-state index contributed by atoms with van der Waals surface area (Å²) in [7, 11) is -3.60. The Hall–Kier alpha value is -1.25. The van der Waals surface area contributed by atoms with Crippen molar-refractivity contribution >= 4 is 9.84 Å². The van der Waals surface area contributed by atoms with Crippen molar-refractivity contribution in [3.05, 3.63) is 43.0 Å². The Labute approximate surface area is 136 Å². The molecule has 3 N–H and O–H groups in total. The van der Waals surface area contributed by atoms with E-state index in [4.69, 9.17) is 9.84 Å². The first-order valence-corrected chi connectivity index (χ1v) is 9.07. The Kier molecular flexibility index (Phi) is 5.94. The fourth-order valence-electron chi connectivity index (χ4n) is 2.85.